The highest BCUT2D eigenvalue weighted by molar-refractivity contribution is 5.78. The molecule has 0 bridgehead atoms. The molecule has 0 unspecified atom stereocenters. The van der Waals surface area contributed by atoms with Crippen molar-refractivity contribution in [3.8, 4) is 0 Å². The Hall–Kier alpha value is -1.31. The van der Waals surface area contributed by atoms with Crippen molar-refractivity contribution in [2.45, 2.75) is 26.2 Å². The van der Waals surface area contributed by atoms with E-state index in [1.54, 1.807) is 0 Å². The van der Waals surface area contributed by atoms with Crippen LogP contribution in [0.15, 0.2) is 30.3 Å². The van der Waals surface area contributed by atoms with E-state index < -0.39 is 0 Å². The van der Waals surface area contributed by atoms with E-state index in [-0.39, 0.29) is 5.92 Å². The number of hydrogen-bond acceptors (Lipinski definition) is 1. The van der Waals surface area contributed by atoms with Crippen molar-refractivity contribution in [1.29, 1.82) is 0 Å². The first kappa shape index (κ1) is 11.2. The van der Waals surface area contributed by atoms with Crippen molar-refractivity contribution in [3.05, 3.63) is 35.9 Å². The smallest absolute Gasteiger partial charge is 0.225 e. The molecule has 1 heterocycles. The lowest BCUT2D eigenvalue weighted by molar-refractivity contribution is -0.133. The molecule has 2 heteroatoms. The summed E-state index contributed by atoms with van der Waals surface area (Å²) < 4.78 is 0. The summed E-state index contributed by atoms with van der Waals surface area (Å²) in [6, 6.07) is 10.5. The third kappa shape index (κ3) is 2.26. The number of benzene rings is 1. The van der Waals surface area contributed by atoms with E-state index in [9.17, 15) is 4.79 Å². The van der Waals surface area contributed by atoms with Gasteiger partial charge < -0.3 is 4.90 Å². The highest BCUT2D eigenvalue weighted by Crippen LogP contribution is 2.27. The van der Waals surface area contributed by atoms with E-state index >= 15 is 0 Å². The van der Waals surface area contributed by atoms with Gasteiger partial charge in [-0.25, -0.2) is 0 Å². The van der Waals surface area contributed by atoms with Crippen LogP contribution in [0.5, 0.6) is 0 Å². The maximum atomic E-state index is 11.8. The first-order valence-electron chi connectivity index (χ1n) is 6.02. The van der Waals surface area contributed by atoms with Crippen LogP contribution in [-0.2, 0) is 4.79 Å². The molecule has 1 aromatic carbocycles. The molecule has 1 saturated heterocycles. The summed E-state index contributed by atoms with van der Waals surface area (Å²) in [6.45, 7) is 5.74. The van der Waals surface area contributed by atoms with Crippen molar-refractivity contribution >= 4 is 5.91 Å². The quantitative estimate of drug-likeness (QED) is 0.745. The molecule has 0 radical (unpaired) electrons. The molecule has 1 fully saturated rings. The first-order valence-corrected chi connectivity index (χ1v) is 6.02. The Labute approximate surface area is 97.3 Å². The standard InChI is InChI=1S/C14H19NO/c1-11(2)14(16)15-9-8-13(10-15)12-6-4-3-5-7-12/h3-7,11,13H,8-10H2,1-2H3/t13-/m0/s1. The predicted molar refractivity (Wildman–Crippen MR) is 65.2 cm³/mol. The molecule has 1 aliphatic rings. The molecule has 0 saturated carbocycles. The van der Waals surface area contributed by atoms with Crippen molar-refractivity contribution < 1.29 is 4.79 Å². The van der Waals surface area contributed by atoms with Crippen LogP contribution < -0.4 is 0 Å². The van der Waals surface area contributed by atoms with Crippen LogP contribution in [0.3, 0.4) is 0 Å². The minimum Gasteiger partial charge on any atom is -0.342 e. The molecule has 1 aromatic rings. The van der Waals surface area contributed by atoms with Crippen LogP contribution in [0, 0.1) is 5.92 Å². The van der Waals surface area contributed by atoms with Gasteiger partial charge in [-0.3, -0.25) is 4.79 Å². The second-order valence-electron chi connectivity index (χ2n) is 4.84. The number of hydrogen-bond donors (Lipinski definition) is 0. The number of nitrogens with zero attached hydrogens (tertiary/aromatic N) is 1. The summed E-state index contributed by atoms with van der Waals surface area (Å²) in [5.41, 5.74) is 1.36. The molecular weight excluding hydrogens is 198 g/mol. The van der Waals surface area contributed by atoms with Gasteiger partial charge in [0.2, 0.25) is 5.91 Å². The topological polar surface area (TPSA) is 20.3 Å². The lowest BCUT2D eigenvalue weighted by Gasteiger charge is -2.18. The van der Waals surface area contributed by atoms with E-state index in [0.29, 0.717) is 11.8 Å². The summed E-state index contributed by atoms with van der Waals surface area (Å²) in [5.74, 6) is 0.942. The average Bonchev–Trinajstić information content (AvgIpc) is 2.78. The predicted octanol–water partition coefficient (Wildman–Crippen LogP) is 2.66. The Morgan fingerprint density at radius 2 is 2.00 bits per heavy atom. The van der Waals surface area contributed by atoms with Gasteiger partial charge in [0, 0.05) is 24.9 Å². The van der Waals surface area contributed by atoms with E-state index in [1.807, 2.05) is 24.8 Å². The van der Waals surface area contributed by atoms with Crippen LogP contribution in [0.1, 0.15) is 31.7 Å². The fraction of sp³-hybridized carbons (Fsp3) is 0.500. The molecule has 16 heavy (non-hydrogen) atoms. The number of carbonyl (C=O) groups is 1. The van der Waals surface area contributed by atoms with Gasteiger partial charge in [-0.1, -0.05) is 44.2 Å². The van der Waals surface area contributed by atoms with Gasteiger partial charge in [0.25, 0.3) is 0 Å². The summed E-state index contributed by atoms with van der Waals surface area (Å²) in [4.78, 5) is 13.9. The van der Waals surface area contributed by atoms with Crippen molar-refractivity contribution in [1.82, 2.24) is 4.90 Å². The molecule has 0 aliphatic carbocycles. The van der Waals surface area contributed by atoms with Crippen molar-refractivity contribution in [3.63, 3.8) is 0 Å². The Kier molecular flexibility index (Phi) is 3.28. The van der Waals surface area contributed by atoms with E-state index in [2.05, 4.69) is 24.3 Å². The van der Waals surface area contributed by atoms with Gasteiger partial charge in [0.1, 0.15) is 0 Å². The molecule has 2 rings (SSSR count). The lowest BCUT2D eigenvalue weighted by Crippen LogP contribution is -2.31. The maximum Gasteiger partial charge on any atom is 0.225 e. The van der Waals surface area contributed by atoms with Gasteiger partial charge in [-0.15, -0.1) is 0 Å². The third-order valence-corrected chi connectivity index (χ3v) is 3.26. The van der Waals surface area contributed by atoms with E-state index in [0.717, 1.165) is 19.5 Å². The Morgan fingerprint density at radius 1 is 1.31 bits per heavy atom. The molecule has 1 amide bonds. The number of carbonyl (C=O) groups excluding carboxylic acids is 1. The molecular formula is C14H19NO. The Morgan fingerprint density at radius 3 is 2.62 bits per heavy atom. The molecule has 0 aromatic heterocycles. The zero-order chi connectivity index (χ0) is 11.5. The molecule has 86 valence electrons. The normalized spacial score (nSPS) is 20.4. The Balaban J connectivity index is 2.01. The number of amides is 1. The zero-order valence-electron chi connectivity index (χ0n) is 10.0. The SMILES string of the molecule is CC(C)C(=O)N1CC[C@H](c2ccccc2)C1. The molecule has 0 N–H and O–H groups in total. The second kappa shape index (κ2) is 4.69. The van der Waals surface area contributed by atoms with Gasteiger partial charge in [-0.2, -0.15) is 0 Å². The molecule has 1 aliphatic heterocycles. The summed E-state index contributed by atoms with van der Waals surface area (Å²) in [5, 5.41) is 0. The van der Waals surface area contributed by atoms with Gasteiger partial charge >= 0.3 is 0 Å². The number of likely N-dealkylation sites (tertiary alicyclic amines) is 1. The highest BCUT2D eigenvalue weighted by atomic mass is 16.2. The fourth-order valence-corrected chi connectivity index (χ4v) is 2.32. The van der Waals surface area contributed by atoms with E-state index in [1.165, 1.54) is 5.56 Å². The lowest BCUT2D eigenvalue weighted by atomic mass is 9.99. The Bertz CT molecular complexity index is 358. The van der Waals surface area contributed by atoms with Crippen LogP contribution >= 0.6 is 0 Å². The largest absolute Gasteiger partial charge is 0.342 e. The summed E-state index contributed by atoms with van der Waals surface area (Å²) in [6.07, 6.45) is 1.10. The third-order valence-electron chi connectivity index (χ3n) is 3.26. The number of rotatable bonds is 2. The average molecular weight is 217 g/mol. The summed E-state index contributed by atoms with van der Waals surface area (Å²) >= 11 is 0. The minimum atomic E-state index is 0.120. The minimum absolute atomic E-state index is 0.120. The van der Waals surface area contributed by atoms with Crippen LogP contribution in [0.2, 0.25) is 0 Å². The molecule has 1 atom stereocenters. The summed E-state index contributed by atoms with van der Waals surface area (Å²) in [7, 11) is 0. The zero-order valence-corrected chi connectivity index (χ0v) is 10.0. The molecule has 0 spiro atoms. The first-order chi connectivity index (χ1) is 7.68. The van der Waals surface area contributed by atoms with Crippen LogP contribution in [0.25, 0.3) is 0 Å². The van der Waals surface area contributed by atoms with Crippen molar-refractivity contribution in [2.75, 3.05) is 13.1 Å². The van der Waals surface area contributed by atoms with Crippen LogP contribution in [-0.4, -0.2) is 23.9 Å². The maximum absolute atomic E-state index is 11.8. The monoisotopic (exact) mass is 217 g/mol. The van der Waals surface area contributed by atoms with Crippen LogP contribution in [0.4, 0.5) is 0 Å². The fourth-order valence-electron chi connectivity index (χ4n) is 2.32. The second-order valence-corrected chi connectivity index (χ2v) is 4.84. The van der Waals surface area contributed by atoms with Crippen molar-refractivity contribution in [2.24, 2.45) is 5.92 Å². The van der Waals surface area contributed by atoms with Gasteiger partial charge in [0.15, 0.2) is 0 Å². The van der Waals surface area contributed by atoms with Gasteiger partial charge in [-0.05, 0) is 12.0 Å². The molecule has 2 nitrogen and oxygen atoms in total. The highest BCUT2D eigenvalue weighted by Gasteiger charge is 2.28. The van der Waals surface area contributed by atoms with E-state index in [4.69, 9.17) is 0 Å². The van der Waals surface area contributed by atoms with Gasteiger partial charge in [0.05, 0.1) is 0 Å².